The number of hydrogen-bond acceptors (Lipinski definition) is 0. The predicted molar refractivity (Wildman–Crippen MR) is 23.8 cm³/mol. The second-order valence-electron chi connectivity index (χ2n) is 2.25. The zero-order chi connectivity index (χ0) is 4.20. The molecule has 0 radical (unpaired) electrons. The molecule has 0 bridgehead atoms. The van der Waals surface area contributed by atoms with Crippen LogP contribution in [0.3, 0.4) is 0 Å². The average molecular weight is 82.1 g/mol. The van der Waals surface area contributed by atoms with E-state index in [2.05, 4.69) is 13.1 Å². The molecule has 2 rings (SSSR count). The van der Waals surface area contributed by atoms with Crippen LogP contribution < -0.4 is 0 Å². The molecule has 1 saturated heterocycles. The molecule has 6 heavy (non-hydrogen) atoms. The van der Waals surface area contributed by atoms with Gasteiger partial charge in [0.15, 0.2) is 11.9 Å². The van der Waals surface area contributed by atoms with Crippen LogP contribution >= 0.6 is 0 Å². The van der Waals surface area contributed by atoms with Gasteiger partial charge in [0, 0.05) is 6.92 Å². The summed E-state index contributed by atoms with van der Waals surface area (Å²) in [5, 5.41) is 0. The van der Waals surface area contributed by atoms with Gasteiger partial charge in [-0.2, -0.15) is 0 Å². The molecule has 32 valence electrons. The van der Waals surface area contributed by atoms with E-state index in [0.717, 1.165) is 0 Å². The summed E-state index contributed by atoms with van der Waals surface area (Å²) in [6.45, 7) is 4.99. The van der Waals surface area contributed by atoms with Gasteiger partial charge in [-0.3, -0.25) is 4.48 Å². The molecule has 0 N–H and O–H groups in total. The molecule has 0 atom stereocenters. The second kappa shape index (κ2) is 0.470. The third-order valence-electron chi connectivity index (χ3n) is 1.77. The van der Waals surface area contributed by atoms with Crippen LogP contribution in [0, 0.1) is 0 Å². The van der Waals surface area contributed by atoms with Crippen molar-refractivity contribution in [1.29, 1.82) is 0 Å². The van der Waals surface area contributed by atoms with Gasteiger partial charge in [0.1, 0.15) is 13.1 Å². The Labute approximate surface area is 37.5 Å². The van der Waals surface area contributed by atoms with Gasteiger partial charge in [-0.1, -0.05) is 0 Å². The first kappa shape index (κ1) is 2.80. The SMILES string of the molecule is CC1=C[N+]12CC2. The maximum atomic E-state index is 2.32. The fourth-order valence-electron chi connectivity index (χ4n) is 0.918. The summed E-state index contributed by atoms with van der Waals surface area (Å²) in [6.07, 6.45) is 2.32. The van der Waals surface area contributed by atoms with Gasteiger partial charge in [-0.25, -0.2) is 0 Å². The summed E-state index contributed by atoms with van der Waals surface area (Å²) >= 11 is 0. The molecular weight excluding hydrogens is 74.1 g/mol. The summed E-state index contributed by atoms with van der Waals surface area (Å²) in [6, 6.07) is 0. The standard InChI is InChI=1S/C5H8N/c1-5-4-6(5)2-3-6/h4H,2-3H2,1H3/q+1. The van der Waals surface area contributed by atoms with Crippen LogP contribution in [0.2, 0.25) is 0 Å². The Morgan fingerprint density at radius 1 is 1.67 bits per heavy atom. The van der Waals surface area contributed by atoms with Crippen molar-refractivity contribution in [2.75, 3.05) is 13.1 Å². The van der Waals surface area contributed by atoms with Crippen molar-refractivity contribution < 1.29 is 4.48 Å². The molecule has 0 aromatic heterocycles. The van der Waals surface area contributed by atoms with Crippen LogP contribution in [0.4, 0.5) is 0 Å². The zero-order valence-corrected chi connectivity index (χ0v) is 3.94. The monoisotopic (exact) mass is 82.1 g/mol. The predicted octanol–water partition coefficient (Wildman–Crippen LogP) is 0.692. The minimum atomic E-state index is 1.28. The highest BCUT2D eigenvalue weighted by Crippen LogP contribution is 2.42. The second-order valence-corrected chi connectivity index (χ2v) is 2.25. The van der Waals surface area contributed by atoms with E-state index in [0.29, 0.717) is 0 Å². The summed E-state index contributed by atoms with van der Waals surface area (Å²) in [4.78, 5) is 0. The van der Waals surface area contributed by atoms with Gasteiger partial charge in [0.05, 0.1) is 0 Å². The average Bonchev–Trinajstić information content (AvgIpc) is 2.25. The van der Waals surface area contributed by atoms with Gasteiger partial charge in [0.2, 0.25) is 0 Å². The Hall–Kier alpha value is -0.300. The molecule has 1 heteroatoms. The van der Waals surface area contributed by atoms with Gasteiger partial charge in [-0.05, 0) is 0 Å². The maximum absolute atomic E-state index is 2.32. The highest BCUT2D eigenvalue weighted by atomic mass is 15.5. The van der Waals surface area contributed by atoms with Crippen molar-refractivity contribution >= 4 is 0 Å². The largest absolute Gasteiger partial charge is 0.250 e. The molecule has 0 aromatic carbocycles. The Bertz CT molecular complexity index is 120. The van der Waals surface area contributed by atoms with E-state index in [-0.39, 0.29) is 0 Å². The third kappa shape index (κ3) is 0.144. The van der Waals surface area contributed by atoms with Crippen LogP contribution in [-0.4, -0.2) is 17.6 Å². The minimum absolute atomic E-state index is 1.28. The van der Waals surface area contributed by atoms with E-state index < -0.39 is 0 Å². The lowest BCUT2D eigenvalue weighted by molar-refractivity contribution is -0.624. The molecule has 0 aliphatic carbocycles. The van der Waals surface area contributed by atoms with E-state index in [4.69, 9.17) is 0 Å². The van der Waals surface area contributed by atoms with E-state index >= 15 is 0 Å². The highest BCUT2D eigenvalue weighted by molar-refractivity contribution is 5.05. The minimum Gasteiger partial charge on any atom is -0.250 e. The van der Waals surface area contributed by atoms with Crippen LogP contribution in [0.25, 0.3) is 0 Å². The smallest absolute Gasteiger partial charge is 0.165 e. The van der Waals surface area contributed by atoms with E-state index in [1.54, 1.807) is 5.70 Å². The highest BCUT2D eigenvalue weighted by Gasteiger charge is 2.54. The molecule has 0 unspecified atom stereocenters. The normalized spacial score (nSPS) is 33.2. The first-order valence-corrected chi connectivity index (χ1v) is 2.40. The van der Waals surface area contributed by atoms with Gasteiger partial charge < -0.3 is 0 Å². The van der Waals surface area contributed by atoms with Gasteiger partial charge in [-0.15, -0.1) is 0 Å². The molecular formula is C5H8N+. The zero-order valence-electron chi connectivity index (χ0n) is 3.94. The van der Waals surface area contributed by atoms with E-state index in [9.17, 15) is 0 Å². The van der Waals surface area contributed by atoms with Gasteiger partial charge >= 0.3 is 0 Å². The maximum Gasteiger partial charge on any atom is 0.165 e. The molecule has 1 nitrogen and oxygen atoms in total. The van der Waals surface area contributed by atoms with Crippen molar-refractivity contribution in [3.05, 3.63) is 11.9 Å². The van der Waals surface area contributed by atoms with Crippen LogP contribution in [0.1, 0.15) is 6.92 Å². The number of nitrogens with zero attached hydrogens (tertiary/aromatic N) is 1. The molecule has 0 amide bonds. The van der Waals surface area contributed by atoms with Crippen LogP contribution in [0.15, 0.2) is 11.9 Å². The molecule has 1 spiro atoms. The summed E-state index contributed by atoms with van der Waals surface area (Å²) < 4.78 is 1.28. The molecule has 0 aromatic rings. The van der Waals surface area contributed by atoms with Crippen molar-refractivity contribution in [3.8, 4) is 0 Å². The lowest BCUT2D eigenvalue weighted by atomic mass is 10.7. The van der Waals surface area contributed by atoms with Gasteiger partial charge in [0.25, 0.3) is 0 Å². The fraction of sp³-hybridized carbons (Fsp3) is 0.600. The van der Waals surface area contributed by atoms with E-state index in [1.807, 2.05) is 0 Å². The van der Waals surface area contributed by atoms with Crippen molar-refractivity contribution in [1.82, 2.24) is 0 Å². The fourth-order valence-corrected chi connectivity index (χ4v) is 0.918. The third-order valence-corrected chi connectivity index (χ3v) is 1.77. The Morgan fingerprint density at radius 3 is 2.17 bits per heavy atom. The van der Waals surface area contributed by atoms with Crippen molar-refractivity contribution in [2.45, 2.75) is 6.92 Å². The molecule has 2 aliphatic rings. The lowest BCUT2D eigenvalue weighted by Crippen LogP contribution is -1.90. The Balaban J connectivity index is 2.26. The first-order valence-electron chi connectivity index (χ1n) is 2.40. The summed E-state index contributed by atoms with van der Waals surface area (Å²) in [5.74, 6) is 0. The van der Waals surface area contributed by atoms with Crippen LogP contribution in [-0.2, 0) is 0 Å². The quantitative estimate of drug-likeness (QED) is 0.298. The number of hydrogen-bond donors (Lipinski definition) is 0. The molecule has 2 heterocycles. The molecule has 1 fully saturated rings. The molecule has 2 aliphatic heterocycles. The molecule has 0 saturated carbocycles. The summed E-state index contributed by atoms with van der Waals surface area (Å²) in [5.41, 5.74) is 1.58. The van der Waals surface area contributed by atoms with Crippen LogP contribution in [0.5, 0.6) is 0 Å². The summed E-state index contributed by atoms with van der Waals surface area (Å²) in [7, 11) is 0. The topological polar surface area (TPSA) is 0 Å². The van der Waals surface area contributed by atoms with E-state index in [1.165, 1.54) is 17.6 Å². The van der Waals surface area contributed by atoms with Crippen molar-refractivity contribution in [2.24, 2.45) is 0 Å². The first-order chi connectivity index (χ1) is 2.83. The Morgan fingerprint density at radius 2 is 2.17 bits per heavy atom. The number of quaternary nitrogens is 1. The van der Waals surface area contributed by atoms with Crippen molar-refractivity contribution in [3.63, 3.8) is 0 Å². The lowest BCUT2D eigenvalue weighted by Gasteiger charge is -1.80. The number of allylic oxidation sites excluding steroid dienone is 1. The number of rotatable bonds is 0. The Kier molecular flexibility index (Phi) is 0.220.